The molecule has 0 saturated carbocycles. The molecule has 3 rings (SSSR count). The number of aryl methyl sites for hydroxylation is 1. The Bertz CT molecular complexity index is 855. The lowest BCUT2D eigenvalue weighted by atomic mass is 10.1. The number of hydrogen-bond donors (Lipinski definition) is 0. The molecule has 1 fully saturated rings. The SMILES string of the molecule is Cc1ccc(S(=O)(=O)N2CC(COc3cncc(Cl)n3)C2)cc1Cl. The van der Waals surface area contributed by atoms with Gasteiger partial charge in [-0.05, 0) is 24.6 Å². The fourth-order valence-electron chi connectivity index (χ4n) is 2.31. The lowest BCUT2D eigenvalue weighted by molar-refractivity contribution is 0.126. The van der Waals surface area contributed by atoms with Crippen LogP contribution in [0.4, 0.5) is 0 Å². The molecule has 0 N–H and O–H groups in total. The molecule has 0 bridgehead atoms. The molecule has 24 heavy (non-hydrogen) atoms. The Hall–Kier alpha value is -1.41. The van der Waals surface area contributed by atoms with E-state index in [-0.39, 0.29) is 16.0 Å². The first kappa shape index (κ1) is 17.4. The highest BCUT2D eigenvalue weighted by Gasteiger charge is 2.37. The van der Waals surface area contributed by atoms with Crippen molar-refractivity contribution in [3.63, 3.8) is 0 Å². The van der Waals surface area contributed by atoms with E-state index in [1.807, 2.05) is 6.92 Å². The minimum absolute atomic E-state index is 0.0986. The quantitative estimate of drug-likeness (QED) is 0.788. The van der Waals surface area contributed by atoms with Crippen molar-refractivity contribution in [3.8, 4) is 5.88 Å². The standard InChI is InChI=1S/C15H15Cl2N3O3S/c1-10-2-3-12(4-13(10)16)24(21,22)20-7-11(8-20)9-23-15-6-18-5-14(17)19-15/h2-6,11H,7-9H2,1H3. The van der Waals surface area contributed by atoms with Gasteiger partial charge in [-0.15, -0.1) is 0 Å². The molecule has 0 radical (unpaired) electrons. The van der Waals surface area contributed by atoms with Crippen LogP contribution in [0.5, 0.6) is 5.88 Å². The number of aromatic nitrogens is 2. The van der Waals surface area contributed by atoms with E-state index in [0.717, 1.165) is 5.56 Å². The third kappa shape index (κ3) is 3.64. The average molecular weight is 388 g/mol. The van der Waals surface area contributed by atoms with Crippen molar-refractivity contribution in [2.45, 2.75) is 11.8 Å². The zero-order chi connectivity index (χ0) is 17.3. The largest absolute Gasteiger partial charge is 0.476 e. The van der Waals surface area contributed by atoms with Crippen LogP contribution in [-0.2, 0) is 10.0 Å². The molecule has 0 aliphatic carbocycles. The van der Waals surface area contributed by atoms with E-state index in [1.54, 1.807) is 12.1 Å². The first-order chi connectivity index (χ1) is 11.4. The fourth-order valence-corrected chi connectivity index (χ4v) is 4.31. The maximum atomic E-state index is 12.5. The highest BCUT2D eigenvalue weighted by Crippen LogP contribution is 2.28. The number of benzene rings is 1. The van der Waals surface area contributed by atoms with Crippen LogP contribution in [0.1, 0.15) is 5.56 Å². The Morgan fingerprint density at radius 1 is 1.29 bits per heavy atom. The summed E-state index contributed by atoms with van der Waals surface area (Å²) in [5.41, 5.74) is 0.841. The number of rotatable bonds is 5. The van der Waals surface area contributed by atoms with Crippen molar-refractivity contribution < 1.29 is 13.2 Å². The zero-order valence-corrected chi connectivity index (χ0v) is 15.1. The van der Waals surface area contributed by atoms with Crippen LogP contribution < -0.4 is 4.74 Å². The smallest absolute Gasteiger partial charge is 0.243 e. The molecule has 0 unspecified atom stereocenters. The molecular weight excluding hydrogens is 373 g/mol. The predicted octanol–water partition coefficient (Wildman–Crippen LogP) is 2.79. The normalized spacial score (nSPS) is 16.0. The summed E-state index contributed by atoms with van der Waals surface area (Å²) in [4.78, 5) is 8.05. The molecule has 0 amide bonds. The maximum absolute atomic E-state index is 12.5. The monoisotopic (exact) mass is 387 g/mol. The zero-order valence-electron chi connectivity index (χ0n) is 12.8. The number of nitrogens with zero attached hydrogens (tertiary/aromatic N) is 3. The van der Waals surface area contributed by atoms with Gasteiger partial charge in [-0.1, -0.05) is 29.3 Å². The molecule has 1 aromatic carbocycles. The van der Waals surface area contributed by atoms with E-state index in [0.29, 0.717) is 30.6 Å². The van der Waals surface area contributed by atoms with Crippen LogP contribution in [0.15, 0.2) is 35.5 Å². The van der Waals surface area contributed by atoms with Gasteiger partial charge in [-0.3, -0.25) is 4.98 Å². The summed E-state index contributed by atoms with van der Waals surface area (Å²) < 4.78 is 32.0. The van der Waals surface area contributed by atoms with Gasteiger partial charge in [-0.25, -0.2) is 8.42 Å². The van der Waals surface area contributed by atoms with Crippen LogP contribution >= 0.6 is 23.2 Å². The summed E-state index contributed by atoms with van der Waals surface area (Å²) in [6.07, 6.45) is 2.88. The lowest BCUT2D eigenvalue weighted by Gasteiger charge is -2.37. The predicted molar refractivity (Wildman–Crippen MR) is 91.0 cm³/mol. The Balaban J connectivity index is 1.58. The second-order valence-corrected chi connectivity index (χ2v) is 8.32. The summed E-state index contributed by atoms with van der Waals surface area (Å²) in [5, 5.41) is 0.692. The Kier molecular flexibility index (Phi) is 4.96. The molecular formula is C15H15Cl2N3O3S. The number of sulfonamides is 1. The van der Waals surface area contributed by atoms with E-state index in [4.69, 9.17) is 27.9 Å². The Morgan fingerprint density at radius 2 is 2.04 bits per heavy atom. The number of hydrogen-bond acceptors (Lipinski definition) is 5. The minimum Gasteiger partial charge on any atom is -0.476 e. The maximum Gasteiger partial charge on any atom is 0.243 e. The van der Waals surface area contributed by atoms with Gasteiger partial charge in [0.1, 0.15) is 0 Å². The molecule has 1 aliphatic rings. The molecule has 6 nitrogen and oxygen atoms in total. The van der Waals surface area contributed by atoms with Crippen molar-refractivity contribution in [2.24, 2.45) is 5.92 Å². The lowest BCUT2D eigenvalue weighted by Crippen LogP contribution is -2.51. The molecule has 1 saturated heterocycles. The van der Waals surface area contributed by atoms with Crippen LogP contribution in [-0.4, -0.2) is 42.4 Å². The van der Waals surface area contributed by atoms with Crippen LogP contribution in [0.3, 0.4) is 0 Å². The summed E-state index contributed by atoms with van der Waals surface area (Å²) in [7, 11) is -3.52. The average Bonchev–Trinajstić information content (AvgIpc) is 2.48. The van der Waals surface area contributed by atoms with Crippen molar-refractivity contribution in [3.05, 3.63) is 46.3 Å². The van der Waals surface area contributed by atoms with E-state index in [1.165, 1.54) is 22.8 Å². The Morgan fingerprint density at radius 3 is 2.71 bits per heavy atom. The fraction of sp³-hybridized carbons (Fsp3) is 0.333. The number of halogens is 2. The van der Waals surface area contributed by atoms with E-state index < -0.39 is 10.0 Å². The molecule has 9 heteroatoms. The van der Waals surface area contributed by atoms with Gasteiger partial charge in [0.2, 0.25) is 15.9 Å². The highest BCUT2D eigenvalue weighted by atomic mass is 35.5. The third-order valence-corrected chi connectivity index (χ3v) is 6.17. The van der Waals surface area contributed by atoms with Crippen LogP contribution in [0.2, 0.25) is 10.2 Å². The number of ether oxygens (including phenoxy) is 1. The molecule has 0 atom stereocenters. The first-order valence-corrected chi connectivity index (χ1v) is 9.42. The summed E-state index contributed by atoms with van der Waals surface area (Å²) >= 11 is 11.7. The molecule has 1 aromatic heterocycles. The van der Waals surface area contributed by atoms with Gasteiger partial charge < -0.3 is 4.74 Å². The first-order valence-electron chi connectivity index (χ1n) is 7.23. The third-order valence-electron chi connectivity index (χ3n) is 3.75. The summed E-state index contributed by atoms with van der Waals surface area (Å²) in [6, 6.07) is 4.76. The molecule has 2 aromatic rings. The summed E-state index contributed by atoms with van der Waals surface area (Å²) in [5.74, 6) is 0.426. The van der Waals surface area contributed by atoms with Gasteiger partial charge in [-0.2, -0.15) is 9.29 Å². The summed E-state index contributed by atoms with van der Waals surface area (Å²) in [6.45, 7) is 2.97. The topological polar surface area (TPSA) is 72.4 Å². The van der Waals surface area contributed by atoms with Crippen molar-refractivity contribution in [2.75, 3.05) is 19.7 Å². The molecule has 2 heterocycles. The van der Waals surface area contributed by atoms with Crippen LogP contribution in [0.25, 0.3) is 0 Å². The van der Waals surface area contributed by atoms with Gasteiger partial charge in [0.15, 0.2) is 5.15 Å². The molecule has 0 spiro atoms. The minimum atomic E-state index is -3.52. The van der Waals surface area contributed by atoms with E-state index >= 15 is 0 Å². The Labute approximate surface area is 150 Å². The molecule has 128 valence electrons. The van der Waals surface area contributed by atoms with Gasteiger partial charge >= 0.3 is 0 Å². The van der Waals surface area contributed by atoms with Gasteiger partial charge in [0, 0.05) is 24.0 Å². The van der Waals surface area contributed by atoms with Crippen LogP contribution in [0, 0.1) is 12.8 Å². The van der Waals surface area contributed by atoms with E-state index in [9.17, 15) is 8.42 Å². The van der Waals surface area contributed by atoms with Gasteiger partial charge in [0.25, 0.3) is 0 Å². The second kappa shape index (κ2) is 6.84. The van der Waals surface area contributed by atoms with Crippen molar-refractivity contribution in [1.29, 1.82) is 0 Å². The highest BCUT2D eigenvalue weighted by molar-refractivity contribution is 7.89. The van der Waals surface area contributed by atoms with Crippen molar-refractivity contribution >= 4 is 33.2 Å². The second-order valence-electron chi connectivity index (χ2n) is 5.59. The molecule has 1 aliphatic heterocycles. The van der Waals surface area contributed by atoms with E-state index in [2.05, 4.69) is 9.97 Å². The van der Waals surface area contributed by atoms with Gasteiger partial charge in [0.05, 0.1) is 23.9 Å². The van der Waals surface area contributed by atoms with Crippen molar-refractivity contribution in [1.82, 2.24) is 14.3 Å².